The van der Waals surface area contributed by atoms with Gasteiger partial charge in [0.25, 0.3) is 0 Å². The highest BCUT2D eigenvalue weighted by Crippen LogP contribution is 2.42. The van der Waals surface area contributed by atoms with Gasteiger partial charge in [-0.2, -0.15) is 0 Å². The molecule has 0 aliphatic carbocycles. The second-order valence-corrected chi connectivity index (χ2v) is 10.0. The molecule has 2 aromatic carbocycles. The highest BCUT2D eigenvalue weighted by Gasteiger charge is 2.30. The van der Waals surface area contributed by atoms with Crippen molar-refractivity contribution in [1.82, 2.24) is 19.8 Å². The molecule has 0 spiro atoms. The molecule has 1 N–H and O–H groups in total. The number of aromatic amines is 1. The molecule has 1 saturated heterocycles. The van der Waals surface area contributed by atoms with Crippen LogP contribution in [0.15, 0.2) is 79.1 Å². The number of pyridine rings is 1. The third-order valence-electron chi connectivity index (χ3n) is 7.08. The summed E-state index contributed by atoms with van der Waals surface area (Å²) in [6.07, 6.45) is 5.00. The Bertz CT molecular complexity index is 1350. The Labute approximate surface area is 223 Å². The number of amides is 1. The molecule has 196 valence electrons. The van der Waals surface area contributed by atoms with E-state index in [1.807, 2.05) is 54.6 Å². The number of aromatic nitrogens is 2. The van der Waals surface area contributed by atoms with Gasteiger partial charge in [0.05, 0.1) is 5.69 Å². The van der Waals surface area contributed by atoms with Crippen molar-refractivity contribution in [2.45, 2.75) is 31.9 Å². The molecular formula is C31H33FN4O2. The minimum atomic E-state index is -0.267. The van der Waals surface area contributed by atoms with E-state index in [-0.39, 0.29) is 24.4 Å². The van der Waals surface area contributed by atoms with Crippen molar-refractivity contribution in [2.75, 3.05) is 27.2 Å². The van der Waals surface area contributed by atoms with Gasteiger partial charge in [0.15, 0.2) is 0 Å². The molecule has 4 aromatic rings. The van der Waals surface area contributed by atoms with Crippen LogP contribution in [0.2, 0.25) is 0 Å². The normalized spacial score (nSPS) is 14.2. The molecule has 7 heteroatoms. The van der Waals surface area contributed by atoms with Gasteiger partial charge in [-0.1, -0.05) is 30.3 Å². The third kappa shape index (κ3) is 5.78. The minimum absolute atomic E-state index is 0.258. The topological polar surface area (TPSA) is 61.5 Å². The third-order valence-corrected chi connectivity index (χ3v) is 7.08. The Kier molecular flexibility index (Phi) is 7.84. The number of ether oxygens (including phenoxy) is 1. The van der Waals surface area contributed by atoms with Crippen molar-refractivity contribution in [1.29, 1.82) is 0 Å². The van der Waals surface area contributed by atoms with Crippen molar-refractivity contribution in [3.8, 4) is 22.4 Å². The van der Waals surface area contributed by atoms with Gasteiger partial charge in [-0.15, -0.1) is 0 Å². The van der Waals surface area contributed by atoms with Crippen LogP contribution in [0.3, 0.4) is 0 Å². The Balaban J connectivity index is 1.41. The van der Waals surface area contributed by atoms with Gasteiger partial charge in [0, 0.05) is 49.2 Å². The molecule has 38 heavy (non-hydrogen) atoms. The Morgan fingerprint density at radius 1 is 1.00 bits per heavy atom. The van der Waals surface area contributed by atoms with Crippen LogP contribution >= 0.6 is 0 Å². The average molecular weight is 513 g/mol. The van der Waals surface area contributed by atoms with Crippen molar-refractivity contribution in [2.24, 2.45) is 0 Å². The summed E-state index contributed by atoms with van der Waals surface area (Å²) in [4.78, 5) is 24.7. The summed E-state index contributed by atoms with van der Waals surface area (Å²) in [6.45, 7) is 2.30. The van der Waals surface area contributed by atoms with Crippen LogP contribution in [0.5, 0.6) is 0 Å². The predicted molar refractivity (Wildman–Crippen MR) is 147 cm³/mol. The molecule has 2 aromatic heterocycles. The smallest absolute Gasteiger partial charge is 0.410 e. The van der Waals surface area contributed by atoms with E-state index in [0.717, 1.165) is 47.3 Å². The second-order valence-electron chi connectivity index (χ2n) is 10.0. The average Bonchev–Trinajstić information content (AvgIpc) is 3.31. The van der Waals surface area contributed by atoms with Gasteiger partial charge in [-0.05, 0) is 85.6 Å². The fourth-order valence-corrected chi connectivity index (χ4v) is 5.22. The number of likely N-dealkylation sites (tertiary alicyclic amines) is 1. The second kappa shape index (κ2) is 11.6. The van der Waals surface area contributed by atoms with E-state index in [0.29, 0.717) is 13.1 Å². The van der Waals surface area contributed by atoms with E-state index in [9.17, 15) is 9.18 Å². The summed E-state index contributed by atoms with van der Waals surface area (Å²) >= 11 is 0. The lowest BCUT2D eigenvalue weighted by Crippen LogP contribution is -2.38. The lowest BCUT2D eigenvalue weighted by Gasteiger charge is -2.31. The number of H-pyrrole nitrogens is 1. The summed E-state index contributed by atoms with van der Waals surface area (Å²) in [5.41, 5.74) is 7.49. The number of nitrogens with one attached hydrogen (secondary N) is 1. The predicted octanol–water partition coefficient (Wildman–Crippen LogP) is 6.46. The highest BCUT2D eigenvalue weighted by atomic mass is 19.1. The first-order chi connectivity index (χ1) is 18.5. The van der Waals surface area contributed by atoms with Gasteiger partial charge < -0.3 is 19.5 Å². The van der Waals surface area contributed by atoms with Crippen LogP contribution in [0, 0.1) is 5.82 Å². The van der Waals surface area contributed by atoms with Crippen LogP contribution < -0.4 is 0 Å². The Morgan fingerprint density at radius 3 is 2.34 bits per heavy atom. The van der Waals surface area contributed by atoms with Crippen LogP contribution in [0.25, 0.3) is 22.4 Å². The van der Waals surface area contributed by atoms with Crippen molar-refractivity contribution in [3.63, 3.8) is 0 Å². The molecule has 3 heterocycles. The monoisotopic (exact) mass is 512 g/mol. The summed E-state index contributed by atoms with van der Waals surface area (Å²) in [7, 11) is 4.13. The number of nitrogens with zero attached hydrogens (tertiary/aromatic N) is 3. The molecule has 1 fully saturated rings. The number of hydrogen-bond acceptors (Lipinski definition) is 4. The zero-order valence-electron chi connectivity index (χ0n) is 21.9. The van der Waals surface area contributed by atoms with E-state index in [1.165, 1.54) is 23.4 Å². The number of benzene rings is 2. The van der Waals surface area contributed by atoms with E-state index in [4.69, 9.17) is 4.74 Å². The van der Waals surface area contributed by atoms with Gasteiger partial charge >= 0.3 is 6.09 Å². The minimum Gasteiger partial charge on any atom is -0.445 e. The molecule has 0 atom stereocenters. The lowest BCUT2D eigenvalue weighted by molar-refractivity contribution is 0.0868. The van der Waals surface area contributed by atoms with Gasteiger partial charge in [0.2, 0.25) is 0 Å². The molecule has 1 aliphatic rings. The fourth-order valence-electron chi connectivity index (χ4n) is 5.22. The van der Waals surface area contributed by atoms with E-state index >= 15 is 0 Å². The molecule has 5 rings (SSSR count). The molecule has 1 amide bonds. The maximum Gasteiger partial charge on any atom is 0.410 e. The first-order valence-corrected chi connectivity index (χ1v) is 13.0. The quantitative estimate of drug-likeness (QED) is 0.309. The zero-order chi connectivity index (χ0) is 26.5. The molecule has 0 unspecified atom stereocenters. The SMILES string of the molecule is CN(C)Cc1c(C2CCN(C(=O)OCc3ccccc3)CC2)[nH]c(-c2ccc(F)cc2)c1-c1ccncc1. The number of hydrogen-bond donors (Lipinski definition) is 1. The first kappa shape index (κ1) is 25.7. The molecule has 6 nitrogen and oxygen atoms in total. The number of carbonyl (C=O) groups excluding carboxylic acids is 1. The maximum absolute atomic E-state index is 13.8. The highest BCUT2D eigenvalue weighted by molar-refractivity contribution is 5.85. The van der Waals surface area contributed by atoms with Crippen LogP contribution in [0.1, 0.15) is 35.6 Å². The lowest BCUT2D eigenvalue weighted by atomic mass is 9.89. The number of carbonyl (C=O) groups is 1. The Hall–Kier alpha value is -3.97. The van der Waals surface area contributed by atoms with E-state index < -0.39 is 0 Å². The number of rotatable bonds is 7. The number of piperidine rings is 1. The molecule has 0 saturated carbocycles. The maximum atomic E-state index is 13.8. The first-order valence-electron chi connectivity index (χ1n) is 13.0. The van der Waals surface area contributed by atoms with Crippen LogP contribution in [-0.4, -0.2) is 53.0 Å². The summed E-state index contributed by atoms with van der Waals surface area (Å²) in [5, 5.41) is 0. The summed E-state index contributed by atoms with van der Waals surface area (Å²) < 4.78 is 19.3. The fraction of sp³-hybridized carbons (Fsp3) is 0.290. The van der Waals surface area contributed by atoms with Crippen LogP contribution in [0.4, 0.5) is 9.18 Å². The van der Waals surface area contributed by atoms with Crippen molar-refractivity contribution in [3.05, 3.63) is 102 Å². The molecule has 0 radical (unpaired) electrons. The standard InChI is InChI=1S/C31H33FN4O2/c1-35(2)20-27-28(23-12-16-33-17-13-23)30(24-8-10-26(32)11-9-24)34-29(27)25-14-18-36(19-15-25)31(37)38-21-22-6-4-3-5-7-22/h3-13,16-17,25,34H,14-15,18-21H2,1-2H3. The van der Waals surface area contributed by atoms with Gasteiger partial charge in [-0.3, -0.25) is 4.98 Å². The molecule has 1 aliphatic heterocycles. The molecular weight excluding hydrogens is 479 g/mol. The van der Waals surface area contributed by atoms with Gasteiger partial charge in [-0.25, -0.2) is 9.18 Å². The van der Waals surface area contributed by atoms with E-state index in [1.54, 1.807) is 17.3 Å². The van der Waals surface area contributed by atoms with Crippen molar-refractivity contribution >= 4 is 6.09 Å². The summed E-state index contributed by atoms with van der Waals surface area (Å²) in [6, 6.07) is 20.4. The Morgan fingerprint density at radius 2 is 1.68 bits per heavy atom. The van der Waals surface area contributed by atoms with Crippen LogP contribution in [-0.2, 0) is 17.9 Å². The molecule has 0 bridgehead atoms. The van der Waals surface area contributed by atoms with Crippen molar-refractivity contribution < 1.29 is 13.9 Å². The number of halogens is 1. The zero-order valence-corrected chi connectivity index (χ0v) is 21.9. The summed E-state index contributed by atoms with van der Waals surface area (Å²) in [5.74, 6) is 0.00365. The van der Waals surface area contributed by atoms with E-state index in [2.05, 4.69) is 29.0 Å². The largest absolute Gasteiger partial charge is 0.445 e. The van der Waals surface area contributed by atoms with Gasteiger partial charge in [0.1, 0.15) is 12.4 Å².